The molecule has 8 nitrogen and oxygen atoms in total. The first kappa shape index (κ1) is 30.6. The van der Waals surface area contributed by atoms with Crippen LogP contribution in [-0.2, 0) is 26.2 Å². The van der Waals surface area contributed by atoms with Gasteiger partial charge in [0, 0.05) is 29.4 Å². The van der Waals surface area contributed by atoms with Crippen LogP contribution >= 0.6 is 0 Å². The van der Waals surface area contributed by atoms with E-state index in [0.29, 0.717) is 53.9 Å². The third-order valence-corrected chi connectivity index (χ3v) is 9.45. The molecule has 1 aliphatic rings. The van der Waals surface area contributed by atoms with E-state index in [1.54, 1.807) is 30.3 Å². The van der Waals surface area contributed by atoms with Crippen LogP contribution in [0.3, 0.4) is 0 Å². The van der Waals surface area contributed by atoms with Crippen molar-refractivity contribution in [3.63, 3.8) is 0 Å². The van der Waals surface area contributed by atoms with Gasteiger partial charge in [-0.1, -0.05) is 18.9 Å². The summed E-state index contributed by atoms with van der Waals surface area (Å²) >= 11 is 0. The molecule has 1 aliphatic heterocycles. The van der Waals surface area contributed by atoms with Crippen LogP contribution < -0.4 is 15.4 Å². The van der Waals surface area contributed by atoms with Crippen molar-refractivity contribution in [3.8, 4) is 17.6 Å². The number of nitrogens with zero attached hydrogens (tertiary/aromatic N) is 1. The molecule has 1 aromatic heterocycles. The van der Waals surface area contributed by atoms with E-state index in [9.17, 15) is 30.0 Å². The maximum absolute atomic E-state index is 13.5. The molecule has 0 bridgehead atoms. The van der Waals surface area contributed by atoms with Gasteiger partial charge in [0.15, 0.2) is 9.84 Å². The second-order valence-corrected chi connectivity index (χ2v) is 14.3. The molecule has 0 amide bonds. The van der Waals surface area contributed by atoms with Crippen molar-refractivity contribution >= 4 is 42.0 Å². The molecule has 4 rings (SSSR count). The molecule has 3 aromatic rings. The molecular weight excluding hydrogens is 579 g/mol. The second kappa shape index (κ2) is 12.2. The average Bonchev–Trinajstić information content (AvgIpc) is 3.23. The molecule has 1 fully saturated rings. The number of rotatable bonds is 9. The number of aromatic nitrogens is 1. The third-order valence-electron chi connectivity index (χ3n) is 6.62. The molecule has 13 heteroatoms. The van der Waals surface area contributed by atoms with Crippen molar-refractivity contribution in [2.75, 3.05) is 41.5 Å². The average molecular weight is 612 g/mol. The van der Waals surface area contributed by atoms with Gasteiger partial charge in [0.05, 0.1) is 46.5 Å². The summed E-state index contributed by atoms with van der Waals surface area (Å²) in [5.41, 5.74) is 1.67. The molecule has 0 saturated carbocycles. The van der Waals surface area contributed by atoms with Crippen molar-refractivity contribution in [1.29, 1.82) is 0 Å². The highest BCUT2D eigenvalue weighted by atomic mass is 32.2. The first-order valence-electron chi connectivity index (χ1n) is 13.1. The Morgan fingerprint density at radius 1 is 1.10 bits per heavy atom. The zero-order chi connectivity index (χ0) is 29.8. The zero-order valence-corrected chi connectivity index (χ0v) is 24.3. The summed E-state index contributed by atoms with van der Waals surface area (Å²) in [5, 5.41) is 6.94. The predicted octanol–water partition coefficient (Wildman–Crippen LogP) is 4.85. The van der Waals surface area contributed by atoms with Crippen LogP contribution in [0.5, 0.6) is 5.75 Å². The van der Waals surface area contributed by atoms with E-state index in [1.807, 2.05) is 6.92 Å². The highest BCUT2D eigenvalue weighted by Crippen LogP contribution is 2.32. The van der Waals surface area contributed by atoms with Crippen molar-refractivity contribution < 1.29 is 34.7 Å². The Kier molecular flexibility index (Phi) is 9.13. The molecule has 2 heterocycles. The number of hydrogen-bond acceptors (Lipinski definition) is 7. The van der Waals surface area contributed by atoms with Crippen LogP contribution in [0.15, 0.2) is 47.4 Å². The van der Waals surface area contributed by atoms with Crippen LogP contribution in [-0.4, -0.2) is 64.5 Å². The van der Waals surface area contributed by atoms with Crippen molar-refractivity contribution in [1.82, 2.24) is 4.57 Å². The van der Waals surface area contributed by atoms with Gasteiger partial charge in [-0.05, 0) is 55.5 Å². The molecule has 0 aliphatic carbocycles. The van der Waals surface area contributed by atoms with Gasteiger partial charge in [-0.25, -0.2) is 16.8 Å². The number of fused-ring (bicyclic) bond motifs is 1. The Hall–Kier alpha value is -3.37. The van der Waals surface area contributed by atoms with Gasteiger partial charge in [0.2, 0.25) is 0 Å². The lowest BCUT2D eigenvalue weighted by Crippen LogP contribution is -2.32. The maximum atomic E-state index is 13.5. The first-order chi connectivity index (χ1) is 19.3. The fourth-order valence-electron chi connectivity index (χ4n) is 4.60. The van der Waals surface area contributed by atoms with Gasteiger partial charge < -0.3 is 19.9 Å². The Morgan fingerprint density at radius 3 is 2.49 bits per heavy atom. The molecule has 0 unspecified atom stereocenters. The standard InChI is InChI=1S/C28H32F3N3O5S2/c1-3-14-39-27-18-22(40(2,35)36)9-10-25(27)32-13-5-6-21-17-23-24(33-20-11-15-41(37,38)16-12-20)7-4-8-26(23)34(21)19-28(29,30)31/h4,7-10,17-18,20,32-33H,3,11-16,19H2,1-2H3. The quantitative estimate of drug-likeness (QED) is 0.333. The number of sulfone groups is 2. The maximum Gasteiger partial charge on any atom is 0.406 e. The van der Waals surface area contributed by atoms with E-state index < -0.39 is 32.4 Å². The second-order valence-electron chi connectivity index (χ2n) is 9.97. The largest absolute Gasteiger partial charge is 0.491 e. The minimum Gasteiger partial charge on any atom is -0.491 e. The molecule has 222 valence electrons. The number of alkyl halides is 3. The van der Waals surface area contributed by atoms with Crippen molar-refractivity contribution in [2.24, 2.45) is 0 Å². The number of hydrogen-bond donors (Lipinski definition) is 2. The van der Waals surface area contributed by atoms with Gasteiger partial charge in [-0.2, -0.15) is 13.2 Å². The summed E-state index contributed by atoms with van der Waals surface area (Å²) < 4.78 is 94.9. The Labute approximate surface area is 238 Å². The summed E-state index contributed by atoms with van der Waals surface area (Å²) in [4.78, 5) is 0.108. The smallest absolute Gasteiger partial charge is 0.406 e. The van der Waals surface area contributed by atoms with Gasteiger partial charge in [0.1, 0.15) is 22.1 Å². The zero-order valence-electron chi connectivity index (χ0n) is 22.7. The third kappa shape index (κ3) is 8.10. The van der Waals surface area contributed by atoms with Gasteiger partial charge in [-0.3, -0.25) is 0 Å². The number of halogens is 3. The van der Waals surface area contributed by atoms with Crippen molar-refractivity contribution in [3.05, 3.63) is 48.2 Å². The molecule has 0 spiro atoms. The minimum absolute atomic E-state index is 0.0654. The van der Waals surface area contributed by atoms with E-state index in [2.05, 4.69) is 22.5 Å². The molecule has 2 N–H and O–H groups in total. The van der Waals surface area contributed by atoms with Gasteiger partial charge in [-0.15, -0.1) is 0 Å². The highest BCUT2D eigenvalue weighted by molar-refractivity contribution is 7.91. The summed E-state index contributed by atoms with van der Waals surface area (Å²) in [6.07, 6.45) is -1.81. The van der Waals surface area contributed by atoms with Crippen LogP contribution in [0.1, 0.15) is 31.9 Å². The van der Waals surface area contributed by atoms with Crippen LogP contribution in [0.4, 0.5) is 24.5 Å². The Morgan fingerprint density at radius 2 is 1.83 bits per heavy atom. The number of nitrogens with one attached hydrogen (secondary N) is 2. The SMILES string of the molecule is CCCOc1cc(S(C)(=O)=O)ccc1NCC#Cc1cc2c(NC3CCS(=O)(=O)CC3)cccc2n1CC(F)(F)F. The molecule has 0 radical (unpaired) electrons. The lowest BCUT2D eigenvalue weighted by Gasteiger charge is -2.24. The normalized spacial score (nSPS) is 15.7. The summed E-state index contributed by atoms with van der Waals surface area (Å²) in [7, 11) is -6.49. The number of ether oxygens (including phenoxy) is 1. The predicted molar refractivity (Wildman–Crippen MR) is 154 cm³/mol. The van der Waals surface area contributed by atoms with Crippen molar-refractivity contribution in [2.45, 2.75) is 49.8 Å². The monoisotopic (exact) mass is 611 g/mol. The molecule has 1 saturated heterocycles. The molecule has 41 heavy (non-hydrogen) atoms. The molecular formula is C28H32F3N3O5S2. The Bertz CT molecular complexity index is 1670. The van der Waals surface area contributed by atoms with E-state index in [-0.39, 0.29) is 34.7 Å². The van der Waals surface area contributed by atoms with Crippen LogP contribution in [0.2, 0.25) is 0 Å². The summed E-state index contributed by atoms with van der Waals surface area (Å²) in [6, 6.07) is 11.0. The summed E-state index contributed by atoms with van der Waals surface area (Å²) in [5.74, 6) is 6.19. The fourth-order valence-corrected chi connectivity index (χ4v) is 6.73. The van der Waals surface area contributed by atoms with E-state index >= 15 is 0 Å². The first-order valence-corrected chi connectivity index (χ1v) is 16.8. The number of benzene rings is 2. The topological polar surface area (TPSA) is 106 Å². The van der Waals surface area contributed by atoms with Gasteiger partial charge >= 0.3 is 6.18 Å². The van der Waals surface area contributed by atoms with Crippen LogP contribution in [0.25, 0.3) is 10.9 Å². The fraction of sp³-hybridized carbons (Fsp3) is 0.429. The van der Waals surface area contributed by atoms with Gasteiger partial charge in [0.25, 0.3) is 0 Å². The van der Waals surface area contributed by atoms with E-state index in [0.717, 1.165) is 10.8 Å². The molecule has 2 aromatic carbocycles. The van der Waals surface area contributed by atoms with Crippen LogP contribution in [0, 0.1) is 11.8 Å². The Balaban J connectivity index is 1.60. The number of anilines is 2. The summed E-state index contributed by atoms with van der Waals surface area (Å²) in [6.45, 7) is 1.13. The molecule has 0 atom stereocenters. The minimum atomic E-state index is -4.48. The lowest BCUT2D eigenvalue weighted by atomic mass is 10.1. The highest BCUT2D eigenvalue weighted by Gasteiger charge is 2.30. The lowest BCUT2D eigenvalue weighted by molar-refractivity contribution is -0.140. The van der Waals surface area contributed by atoms with E-state index in [1.165, 1.54) is 12.1 Å². The van der Waals surface area contributed by atoms with E-state index in [4.69, 9.17) is 4.74 Å².